The molecule has 0 spiro atoms. The van der Waals surface area contributed by atoms with E-state index in [1.165, 1.54) is 19.2 Å². The number of rotatable bonds is 6. The molecular weight excluding hydrogens is 212 g/mol. The fourth-order valence-corrected chi connectivity index (χ4v) is 1.42. The molecule has 0 saturated carbocycles. The Morgan fingerprint density at radius 1 is 1.31 bits per heavy atom. The lowest BCUT2D eigenvalue weighted by atomic mass is 10.1. The quantitative estimate of drug-likeness (QED) is 0.597. The first-order chi connectivity index (χ1) is 7.61. The molecule has 1 N–H and O–H groups in total. The minimum absolute atomic E-state index is 0.117. The summed E-state index contributed by atoms with van der Waals surface area (Å²) >= 11 is 0. The number of para-hydroxylation sites is 1. The smallest absolute Gasteiger partial charge is 0.332 e. The number of nitrogens with one attached hydrogen (secondary N) is 1. The second-order valence-electron chi connectivity index (χ2n) is 3.56. The lowest BCUT2D eigenvalue weighted by Crippen LogP contribution is -2.34. The zero-order chi connectivity index (χ0) is 12.0. The molecule has 0 aromatic heterocycles. The van der Waals surface area contributed by atoms with Crippen LogP contribution in [-0.4, -0.2) is 13.7 Å². The first kappa shape index (κ1) is 12.9. The van der Waals surface area contributed by atoms with Gasteiger partial charge in [0.25, 0.3) is 0 Å². The summed E-state index contributed by atoms with van der Waals surface area (Å²) < 4.78 is 32.4. The summed E-state index contributed by atoms with van der Waals surface area (Å²) in [6.45, 7) is 2.25. The summed E-state index contributed by atoms with van der Waals surface area (Å²) in [4.78, 5) is 0. The van der Waals surface area contributed by atoms with Crippen molar-refractivity contribution in [2.24, 2.45) is 0 Å². The Morgan fingerprint density at radius 2 is 2.00 bits per heavy atom. The number of halogens is 2. The summed E-state index contributed by atoms with van der Waals surface area (Å²) in [5.41, 5.74) is -0.117. The van der Waals surface area contributed by atoms with Gasteiger partial charge in [-0.1, -0.05) is 25.5 Å². The maximum absolute atomic E-state index is 13.7. The van der Waals surface area contributed by atoms with Crippen molar-refractivity contribution in [3.63, 3.8) is 0 Å². The third-order valence-electron chi connectivity index (χ3n) is 2.32. The molecular formula is C12H17F2NO. The monoisotopic (exact) mass is 229 g/mol. The van der Waals surface area contributed by atoms with Gasteiger partial charge in [-0.2, -0.15) is 8.78 Å². The molecule has 0 aliphatic carbocycles. The summed E-state index contributed by atoms with van der Waals surface area (Å²) in [7, 11) is 1.39. The Labute approximate surface area is 94.6 Å². The van der Waals surface area contributed by atoms with E-state index < -0.39 is 6.05 Å². The summed E-state index contributed by atoms with van der Waals surface area (Å²) in [5, 5.41) is 2.24. The molecule has 2 nitrogen and oxygen atoms in total. The molecule has 0 bridgehead atoms. The van der Waals surface area contributed by atoms with Crippen molar-refractivity contribution in [3.8, 4) is 5.75 Å². The van der Waals surface area contributed by atoms with Crippen LogP contribution < -0.4 is 10.1 Å². The SMILES string of the molecule is CCCCNC(F)(F)c1ccccc1OC. The fraction of sp³-hybridized carbons (Fsp3) is 0.500. The highest BCUT2D eigenvalue weighted by atomic mass is 19.3. The van der Waals surface area contributed by atoms with Crippen LogP contribution in [0, 0.1) is 0 Å². The van der Waals surface area contributed by atoms with Crippen LogP contribution in [0.4, 0.5) is 8.78 Å². The standard InChI is InChI=1S/C12H17F2NO/c1-3-4-9-15-12(13,14)10-7-5-6-8-11(10)16-2/h5-8,15H,3-4,9H2,1-2H3. The Balaban J connectivity index is 2.79. The molecule has 0 fully saturated rings. The molecule has 1 aromatic rings. The van der Waals surface area contributed by atoms with E-state index in [-0.39, 0.29) is 11.3 Å². The van der Waals surface area contributed by atoms with Gasteiger partial charge in [-0.05, 0) is 18.6 Å². The molecule has 90 valence electrons. The maximum atomic E-state index is 13.7. The van der Waals surface area contributed by atoms with Crippen LogP contribution in [0.1, 0.15) is 25.3 Å². The van der Waals surface area contributed by atoms with E-state index in [1.807, 2.05) is 6.92 Å². The van der Waals surface area contributed by atoms with Crippen LogP contribution in [0.3, 0.4) is 0 Å². The first-order valence-electron chi connectivity index (χ1n) is 5.38. The maximum Gasteiger partial charge on any atom is 0.332 e. The van der Waals surface area contributed by atoms with Crippen molar-refractivity contribution >= 4 is 0 Å². The minimum atomic E-state index is -3.04. The molecule has 0 heterocycles. The Morgan fingerprint density at radius 3 is 2.62 bits per heavy atom. The molecule has 0 aliphatic rings. The number of benzene rings is 1. The van der Waals surface area contributed by atoms with Gasteiger partial charge in [0, 0.05) is 6.54 Å². The van der Waals surface area contributed by atoms with E-state index in [2.05, 4.69) is 5.32 Å². The second kappa shape index (κ2) is 5.80. The van der Waals surface area contributed by atoms with Crippen molar-refractivity contribution in [2.75, 3.05) is 13.7 Å². The lowest BCUT2D eigenvalue weighted by Gasteiger charge is -2.20. The highest BCUT2D eigenvalue weighted by Crippen LogP contribution is 2.32. The van der Waals surface area contributed by atoms with E-state index in [9.17, 15) is 8.78 Å². The third-order valence-corrected chi connectivity index (χ3v) is 2.32. The van der Waals surface area contributed by atoms with E-state index in [0.717, 1.165) is 12.8 Å². The lowest BCUT2D eigenvalue weighted by molar-refractivity contribution is -0.0428. The molecule has 0 unspecified atom stereocenters. The zero-order valence-electron chi connectivity index (χ0n) is 9.59. The zero-order valence-corrected chi connectivity index (χ0v) is 9.59. The molecule has 0 atom stereocenters. The number of hydrogen-bond donors (Lipinski definition) is 1. The number of alkyl halides is 2. The minimum Gasteiger partial charge on any atom is -0.496 e. The Kier molecular flexibility index (Phi) is 4.68. The molecule has 0 aliphatic heterocycles. The first-order valence-corrected chi connectivity index (χ1v) is 5.38. The normalized spacial score (nSPS) is 11.5. The van der Waals surface area contributed by atoms with E-state index in [1.54, 1.807) is 12.1 Å². The van der Waals surface area contributed by atoms with Crippen molar-refractivity contribution in [2.45, 2.75) is 25.8 Å². The van der Waals surface area contributed by atoms with Crippen LogP contribution in [0.15, 0.2) is 24.3 Å². The van der Waals surface area contributed by atoms with Gasteiger partial charge in [0.05, 0.1) is 12.7 Å². The van der Waals surface area contributed by atoms with Gasteiger partial charge in [-0.3, -0.25) is 5.32 Å². The molecule has 0 amide bonds. The van der Waals surface area contributed by atoms with Crippen LogP contribution in [0.25, 0.3) is 0 Å². The molecule has 1 aromatic carbocycles. The summed E-state index contributed by atoms with van der Waals surface area (Å²) in [5.74, 6) is 0.205. The van der Waals surface area contributed by atoms with Crippen LogP contribution in [0.2, 0.25) is 0 Å². The van der Waals surface area contributed by atoms with Gasteiger partial charge in [0.15, 0.2) is 0 Å². The number of methoxy groups -OCH3 is 1. The highest BCUT2D eigenvalue weighted by molar-refractivity contribution is 5.36. The van der Waals surface area contributed by atoms with Gasteiger partial charge in [-0.15, -0.1) is 0 Å². The molecule has 0 radical (unpaired) electrons. The van der Waals surface area contributed by atoms with Crippen LogP contribution in [-0.2, 0) is 6.05 Å². The van der Waals surface area contributed by atoms with Crippen molar-refractivity contribution in [3.05, 3.63) is 29.8 Å². The van der Waals surface area contributed by atoms with E-state index >= 15 is 0 Å². The van der Waals surface area contributed by atoms with Gasteiger partial charge in [0.2, 0.25) is 0 Å². The van der Waals surface area contributed by atoms with Crippen LogP contribution >= 0.6 is 0 Å². The predicted molar refractivity (Wildman–Crippen MR) is 59.8 cm³/mol. The van der Waals surface area contributed by atoms with E-state index in [0.29, 0.717) is 6.54 Å². The van der Waals surface area contributed by atoms with Gasteiger partial charge >= 0.3 is 6.05 Å². The molecule has 16 heavy (non-hydrogen) atoms. The van der Waals surface area contributed by atoms with E-state index in [4.69, 9.17) is 4.74 Å². The van der Waals surface area contributed by atoms with Gasteiger partial charge in [-0.25, -0.2) is 0 Å². The number of unbranched alkanes of at least 4 members (excludes halogenated alkanes) is 1. The van der Waals surface area contributed by atoms with Crippen molar-refractivity contribution in [1.82, 2.24) is 5.32 Å². The average molecular weight is 229 g/mol. The van der Waals surface area contributed by atoms with Crippen LogP contribution in [0.5, 0.6) is 5.75 Å². The molecule has 0 saturated heterocycles. The average Bonchev–Trinajstić information content (AvgIpc) is 2.29. The van der Waals surface area contributed by atoms with Crippen molar-refractivity contribution < 1.29 is 13.5 Å². The highest BCUT2D eigenvalue weighted by Gasteiger charge is 2.33. The van der Waals surface area contributed by atoms with Crippen molar-refractivity contribution in [1.29, 1.82) is 0 Å². The van der Waals surface area contributed by atoms with Gasteiger partial charge in [0.1, 0.15) is 5.75 Å². The number of hydrogen-bond acceptors (Lipinski definition) is 2. The predicted octanol–water partition coefficient (Wildman–Crippen LogP) is 3.13. The second-order valence-corrected chi connectivity index (χ2v) is 3.56. The molecule has 1 rings (SSSR count). The Bertz CT molecular complexity index is 329. The number of ether oxygens (including phenoxy) is 1. The summed E-state index contributed by atoms with van der Waals surface area (Å²) in [6.07, 6.45) is 1.61. The van der Waals surface area contributed by atoms with Gasteiger partial charge < -0.3 is 4.74 Å². The topological polar surface area (TPSA) is 21.3 Å². The Hall–Kier alpha value is -1.16. The summed E-state index contributed by atoms with van der Waals surface area (Å²) in [6, 6.07) is 3.11. The fourth-order valence-electron chi connectivity index (χ4n) is 1.42. The largest absolute Gasteiger partial charge is 0.496 e. The third kappa shape index (κ3) is 3.17. The molecule has 4 heteroatoms.